The van der Waals surface area contributed by atoms with Crippen LogP contribution in [0.2, 0.25) is 0 Å². The molecule has 14 heavy (non-hydrogen) atoms. The average Bonchev–Trinajstić information content (AvgIpc) is 2.56. The normalized spacial score (nSPS) is 18.9. The molecule has 0 aromatic rings. The van der Waals surface area contributed by atoms with Crippen LogP contribution in [0.4, 0.5) is 4.79 Å². The first kappa shape index (κ1) is 10.8. The van der Waals surface area contributed by atoms with E-state index in [0.29, 0.717) is 0 Å². The predicted molar refractivity (Wildman–Crippen MR) is 49.0 cm³/mol. The largest absolute Gasteiger partial charge is 0.480 e. The lowest BCUT2D eigenvalue weighted by molar-refractivity contribution is -0.138. The number of amides is 1. The first-order chi connectivity index (χ1) is 6.59. The van der Waals surface area contributed by atoms with Crippen molar-refractivity contribution in [1.82, 2.24) is 5.32 Å². The minimum atomic E-state index is -1.06. The highest BCUT2D eigenvalue weighted by atomic mass is 16.6. The van der Waals surface area contributed by atoms with E-state index in [9.17, 15) is 9.59 Å². The van der Waals surface area contributed by atoms with Crippen molar-refractivity contribution in [3.8, 4) is 0 Å². The van der Waals surface area contributed by atoms with Gasteiger partial charge >= 0.3 is 12.1 Å². The van der Waals surface area contributed by atoms with Gasteiger partial charge in [0.2, 0.25) is 0 Å². The Labute approximate surface area is 82.4 Å². The number of aliphatic carboxylic acids is 1. The van der Waals surface area contributed by atoms with Crippen molar-refractivity contribution < 1.29 is 19.4 Å². The first-order valence-electron chi connectivity index (χ1n) is 4.79. The number of hydrogen-bond acceptors (Lipinski definition) is 3. The fourth-order valence-corrected chi connectivity index (χ4v) is 1.43. The van der Waals surface area contributed by atoms with Crippen molar-refractivity contribution >= 4 is 12.1 Å². The molecule has 0 radical (unpaired) electrons. The van der Waals surface area contributed by atoms with Gasteiger partial charge in [-0.2, -0.15) is 0 Å². The number of alkyl carbamates (subject to hydrolysis) is 1. The molecule has 1 amide bonds. The van der Waals surface area contributed by atoms with Crippen LogP contribution < -0.4 is 5.32 Å². The molecular weight excluding hydrogens is 186 g/mol. The summed E-state index contributed by atoms with van der Waals surface area (Å²) >= 11 is 0. The molecule has 1 rings (SSSR count). The second kappa shape index (κ2) is 4.83. The molecule has 0 aromatic carbocycles. The third kappa shape index (κ3) is 3.24. The average molecular weight is 201 g/mol. The number of carbonyl (C=O) groups excluding carboxylic acids is 1. The molecule has 80 valence electrons. The Balaban J connectivity index is 2.24. The predicted octanol–water partition coefficient (Wildman–Crippen LogP) is 1.13. The van der Waals surface area contributed by atoms with E-state index in [0.717, 1.165) is 25.7 Å². The Bertz CT molecular complexity index is 223. The van der Waals surface area contributed by atoms with Crippen LogP contribution in [0.15, 0.2) is 0 Å². The van der Waals surface area contributed by atoms with Crippen molar-refractivity contribution in [1.29, 1.82) is 0 Å². The summed E-state index contributed by atoms with van der Waals surface area (Å²) in [6, 6.07) is -0.899. The molecule has 0 unspecified atom stereocenters. The third-order valence-corrected chi connectivity index (χ3v) is 2.28. The topological polar surface area (TPSA) is 75.6 Å². The highest BCUT2D eigenvalue weighted by Gasteiger charge is 2.21. The molecule has 2 N–H and O–H groups in total. The summed E-state index contributed by atoms with van der Waals surface area (Å²) in [6.45, 7) is 1.40. The lowest BCUT2D eigenvalue weighted by Gasteiger charge is -2.13. The number of hydrogen-bond donors (Lipinski definition) is 2. The standard InChI is InChI=1S/C9H15NO4/c1-6(8(11)12)10-9(13)14-7-4-2-3-5-7/h6-7H,2-5H2,1H3,(H,10,13)(H,11,12)/t6-/m0/s1. The Hall–Kier alpha value is -1.26. The maximum atomic E-state index is 11.1. The Kier molecular flexibility index (Phi) is 3.73. The quantitative estimate of drug-likeness (QED) is 0.717. The number of rotatable bonds is 3. The lowest BCUT2D eigenvalue weighted by atomic mass is 10.3. The summed E-state index contributed by atoms with van der Waals surface area (Å²) in [6.07, 6.45) is 3.26. The maximum absolute atomic E-state index is 11.1. The van der Waals surface area contributed by atoms with Crippen molar-refractivity contribution in [3.05, 3.63) is 0 Å². The van der Waals surface area contributed by atoms with Crippen molar-refractivity contribution in [2.45, 2.75) is 44.8 Å². The summed E-state index contributed by atoms with van der Waals surface area (Å²) < 4.78 is 5.02. The number of nitrogens with one attached hydrogen (secondary N) is 1. The van der Waals surface area contributed by atoms with Crippen molar-refractivity contribution in [2.24, 2.45) is 0 Å². The molecule has 0 saturated heterocycles. The van der Waals surface area contributed by atoms with Crippen LogP contribution in [0, 0.1) is 0 Å². The van der Waals surface area contributed by atoms with E-state index in [1.54, 1.807) is 0 Å². The van der Waals surface area contributed by atoms with Gasteiger partial charge in [-0.05, 0) is 32.6 Å². The van der Waals surface area contributed by atoms with Gasteiger partial charge in [0.05, 0.1) is 0 Å². The lowest BCUT2D eigenvalue weighted by Crippen LogP contribution is -2.39. The minimum Gasteiger partial charge on any atom is -0.480 e. The zero-order chi connectivity index (χ0) is 10.6. The fourth-order valence-electron chi connectivity index (χ4n) is 1.43. The maximum Gasteiger partial charge on any atom is 0.408 e. The van der Waals surface area contributed by atoms with Gasteiger partial charge in [-0.15, -0.1) is 0 Å². The van der Waals surface area contributed by atoms with Gasteiger partial charge in [-0.1, -0.05) is 0 Å². The molecule has 0 aromatic heterocycles. The van der Waals surface area contributed by atoms with Gasteiger partial charge in [0.25, 0.3) is 0 Å². The van der Waals surface area contributed by atoms with Crippen LogP contribution in [0.3, 0.4) is 0 Å². The van der Waals surface area contributed by atoms with Crippen LogP contribution in [0.1, 0.15) is 32.6 Å². The second-order valence-corrected chi connectivity index (χ2v) is 3.52. The molecule has 1 aliphatic rings. The second-order valence-electron chi connectivity index (χ2n) is 3.52. The molecule has 1 atom stereocenters. The van der Waals surface area contributed by atoms with E-state index in [-0.39, 0.29) is 6.10 Å². The Morgan fingerprint density at radius 2 is 2.00 bits per heavy atom. The summed E-state index contributed by atoms with van der Waals surface area (Å²) in [4.78, 5) is 21.5. The van der Waals surface area contributed by atoms with E-state index in [1.807, 2.05) is 0 Å². The van der Waals surface area contributed by atoms with E-state index in [1.165, 1.54) is 6.92 Å². The fraction of sp³-hybridized carbons (Fsp3) is 0.778. The summed E-state index contributed by atoms with van der Waals surface area (Å²) in [5.74, 6) is -1.06. The highest BCUT2D eigenvalue weighted by molar-refractivity contribution is 5.79. The van der Waals surface area contributed by atoms with Crippen LogP contribution >= 0.6 is 0 Å². The monoisotopic (exact) mass is 201 g/mol. The summed E-state index contributed by atoms with van der Waals surface area (Å²) in [7, 11) is 0. The van der Waals surface area contributed by atoms with Gasteiger partial charge in [0.1, 0.15) is 12.1 Å². The number of carboxylic acids is 1. The molecule has 1 saturated carbocycles. The van der Waals surface area contributed by atoms with Crippen molar-refractivity contribution in [3.63, 3.8) is 0 Å². The summed E-state index contributed by atoms with van der Waals surface area (Å²) in [5, 5.41) is 10.8. The van der Waals surface area contributed by atoms with E-state index >= 15 is 0 Å². The summed E-state index contributed by atoms with van der Waals surface area (Å²) in [5.41, 5.74) is 0. The smallest absolute Gasteiger partial charge is 0.408 e. The molecule has 0 aliphatic heterocycles. The van der Waals surface area contributed by atoms with Gasteiger partial charge < -0.3 is 15.2 Å². The van der Waals surface area contributed by atoms with Crippen LogP contribution in [-0.2, 0) is 9.53 Å². The van der Waals surface area contributed by atoms with Crippen molar-refractivity contribution in [2.75, 3.05) is 0 Å². The van der Waals surface area contributed by atoms with Crippen LogP contribution in [-0.4, -0.2) is 29.3 Å². The van der Waals surface area contributed by atoms with Gasteiger partial charge in [-0.25, -0.2) is 4.79 Å². The molecule has 1 aliphatic carbocycles. The van der Waals surface area contributed by atoms with E-state index < -0.39 is 18.1 Å². The Morgan fingerprint density at radius 1 is 1.43 bits per heavy atom. The van der Waals surface area contributed by atoms with Gasteiger partial charge in [-0.3, -0.25) is 4.79 Å². The number of ether oxygens (including phenoxy) is 1. The molecule has 1 fully saturated rings. The molecule has 5 nitrogen and oxygen atoms in total. The Morgan fingerprint density at radius 3 is 2.50 bits per heavy atom. The molecule has 5 heteroatoms. The zero-order valence-electron chi connectivity index (χ0n) is 8.16. The number of carbonyl (C=O) groups is 2. The highest BCUT2D eigenvalue weighted by Crippen LogP contribution is 2.20. The molecular formula is C9H15NO4. The molecule has 0 spiro atoms. The number of carboxylic acid groups (broad SMARTS) is 1. The SMILES string of the molecule is C[C@H](NC(=O)OC1CCCC1)C(=O)O. The first-order valence-corrected chi connectivity index (χ1v) is 4.79. The van der Waals surface area contributed by atoms with Gasteiger partial charge in [0, 0.05) is 0 Å². The van der Waals surface area contributed by atoms with E-state index in [2.05, 4.69) is 5.32 Å². The van der Waals surface area contributed by atoms with Crippen LogP contribution in [0.5, 0.6) is 0 Å². The van der Waals surface area contributed by atoms with Crippen LogP contribution in [0.25, 0.3) is 0 Å². The third-order valence-electron chi connectivity index (χ3n) is 2.28. The van der Waals surface area contributed by atoms with E-state index in [4.69, 9.17) is 9.84 Å². The van der Waals surface area contributed by atoms with Gasteiger partial charge in [0.15, 0.2) is 0 Å². The molecule has 0 bridgehead atoms. The molecule has 0 heterocycles. The zero-order valence-corrected chi connectivity index (χ0v) is 8.16. The minimum absolute atomic E-state index is 0.0315.